The molecule has 0 aliphatic carbocycles. The van der Waals surface area contributed by atoms with Crippen LogP contribution >= 0.6 is 12.6 Å². The standard InChI is InChI=1S/C4H9NS/c1-2-3-5-4-6/h3,6H,2,4H2,1H3/b5-3-. The zero-order chi connectivity index (χ0) is 4.83. The Hall–Kier alpha value is 0.0200. The Balaban J connectivity index is 2.73. The highest BCUT2D eigenvalue weighted by Crippen LogP contribution is 1.72. The molecule has 0 amide bonds. The van der Waals surface area contributed by atoms with Crippen molar-refractivity contribution in [3.63, 3.8) is 0 Å². The van der Waals surface area contributed by atoms with E-state index in [4.69, 9.17) is 0 Å². The zero-order valence-corrected chi connectivity index (χ0v) is 4.78. The van der Waals surface area contributed by atoms with E-state index in [1.165, 1.54) is 0 Å². The summed E-state index contributed by atoms with van der Waals surface area (Å²) in [6, 6.07) is 0. The molecular weight excluding hydrogens is 94.1 g/mol. The molecular formula is C4H9NS. The summed E-state index contributed by atoms with van der Waals surface area (Å²) >= 11 is 3.86. The van der Waals surface area contributed by atoms with E-state index >= 15 is 0 Å². The second kappa shape index (κ2) is 5.02. The monoisotopic (exact) mass is 103 g/mol. The maximum absolute atomic E-state index is 3.86. The van der Waals surface area contributed by atoms with Crippen LogP contribution in [0.4, 0.5) is 0 Å². The molecule has 0 bridgehead atoms. The van der Waals surface area contributed by atoms with Gasteiger partial charge in [0.05, 0.1) is 5.88 Å². The van der Waals surface area contributed by atoms with Gasteiger partial charge in [-0.2, -0.15) is 12.6 Å². The highest BCUT2D eigenvalue weighted by atomic mass is 32.1. The molecule has 0 spiro atoms. The van der Waals surface area contributed by atoms with E-state index in [-0.39, 0.29) is 0 Å². The van der Waals surface area contributed by atoms with Gasteiger partial charge in [-0.25, -0.2) is 0 Å². The van der Waals surface area contributed by atoms with Gasteiger partial charge in [-0.3, -0.25) is 4.99 Å². The normalized spacial score (nSPS) is 10.3. The Morgan fingerprint density at radius 1 is 1.83 bits per heavy atom. The predicted molar refractivity (Wildman–Crippen MR) is 32.6 cm³/mol. The Bertz CT molecular complexity index is 36.8. The van der Waals surface area contributed by atoms with Crippen molar-refractivity contribution in [1.82, 2.24) is 0 Å². The number of rotatable bonds is 2. The molecule has 0 fully saturated rings. The second-order valence-electron chi connectivity index (χ2n) is 0.915. The third-order valence-corrected chi connectivity index (χ3v) is 0.557. The number of nitrogens with zero attached hydrogens (tertiary/aromatic N) is 1. The summed E-state index contributed by atoms with van der Waals surface area (Å²) in [6.45, 7) is 2.05. The molecule has 0 atom stereocenters. The van der Waals surface area contributed by atoms with Crippen LogP contribution in [0.2, 0.25) is 0 Å². The van der Waals surface area contributed by atoms with Gasteiger partial charge >= 0.3 is 0 Å². The molecule has 0 heterocycles. The van der Waals surface area contributed by atoms with E-state index in [9.17, 15) is 0 Å². The fraction of sp³-hybridized carbons (Fsp3) is 0.750. The van der Waals surface area contributed by atoms with Crippen molar-refractivity contribution in [2.45, 2.75) is 13.3 Å². The Kier molecular flexibility index (Phi) is 5.04. The van der Waals surface area contributed by atoms with Crippen LogP contribution < -0.4 is 0 Å². The molecule has 0 aromatic rings. The average Bonchev–Trinajstić information content (AvgIpc) is 1.61. The summed E-state index contributed by atoms with van der Waals surface area (Å²) in [5.41, 5.74) is 0. The summed E-state index contributed by atoms with van der Waals surface area (Å²) in [6.07, 6.45) is 2.87. The average molecular weight is 103 g/mol. The third-order valence-electron chi connectivity index (χ3n) is 0.393. The van der Waals surface area contributed by atoms with E-state index in [1.807, 2.05) is 13.1 Å². The summed E-state index contributed by atoms with van der Waals surface area (Å²) < 4.78 is 0. The lowest BCUT2D eigenvalue weighted by Crippen LogP contribution is -1.66. The van der Waals surface area contributed by atoms with Gasteiger partial charge in [0.15, 0.2) is 0 Å². The highest BCUT2D eigenvalue weighted by molar-refractivity contribution is 7.80. The molecule has 0 aromatic heterocycles. The van der Waals surface area contributed by atoms with Crippen molar-refractivity contribution in [1.29, 1.82) is 0 Å². The molecule has 0 radical (unpaired) electrons. The first-order valence-electron chi connectivity index (χ1n) is 2.01. The lowest BCUT2D eigenvalue weighted by atomic mass is 10.5. The first-order chi connectivity index (χ1) is 2.91. The summed E-state index contributed by atoms with van der Waals surface area (Å²) in [7, 11) is 0. The van der Waals surface area contributed by atoms with Gasteiger partial charge < -0.3 is 0 Å². The molecule has 1 nitrogen and oxygen atoms in total. The fourth-order valence-corrected chi connectivity index (χ4v) is 0.302. The van der Waals surface area contributed by atoms with Crippen LogP contribution in [0.3, 0.4) is 0 Å². The number of thiol groups is 1. The summed E-state index contributed by atoms with van der Waals surface area (Å²) in [5.74, 6) is 0.619. The largest absolute Gasteiger partial charge is 0.287 e. The van der Waals surface area contributed by atoms with E-state index in [0.29, 0.717) is 5.88 Å². The van der Waals surface area contributed by atoms with Gasteiger partial charge in [0.25, 0.3) is 0 Å². The van der Waals surface area contributed by atoms with Crippen LogP contribution in [-0.4, -0.2) is 12.1 Å². The maximum atomic E-state index is 3.86. The number of hydrogen-bond donors (Lipinski definition) is 1. The maximum Gasteiger partial charge on any atom is 0.0810 e. The van der Waals surface area contributed by atoms with Crippen LogP contribution in [0, 0.1) is 0 Å². The van der Waals surface area contributed by atoms with Gasteiger partial charge in [-0.1, -0.05) is 6.92 Å². The Morgan fingerprint density at radius 3 is 2.67 bits per heavy atom. The lowest BCUT2D eigenvalue weighted by molar-refractivity contribution is 1.28. The van der Waals surface area contributed by atoms with E-state index < -0.39 is 0 Å². The number of hydrogen-bond acceptors (Lipinski definition) is 2. The fourth-order valence-electron chi connectivity index (χ4n) is 0.187. The molecule has 0 saturated heterocycles. The lowest BCUT2D eigenvalue weighted by Gasteiger charge is -1.73. The highest BCUT2D eigenvalue weighted by Gasteiger charge is 1.60. The quantitative estimate of drug-likeness (QED) is 0.400. The predicted octanol–water partition coefficient (Wildman–Crippen LogP) is 1.35. The van der Waals surface area contributed by atoms with Crippen LogP contribution in [0.25, 0.3) is 0 Å². The van der Waals surface area contributed by atoms with Gasteiger partial charge in [0.1, 0.15) is 0 Å². The van der Waals surface area contributed by atoms with Crippen LogP contribution in [0.5, 0.6) is 0 Å². The first kappa shape index (κ1) is 6.02. The van der Waals surface area contributed by atoms with E-state index in [2.05, 4.69) is 17.6 Å². The molecule has 36 valence electrons. The molecule has 0 unspecified atom stereocenters. The molecule has 0 rings (SSSR count). The topological polar surface area (TPSA) is 12.4 Å². The minimum Gasteiger partial charge on any atom is -0.287 e. The van der Waals surface area contributed by atoms with Crippen LogP contribution in [-0.2, 0) is 0 Å². The van der Waals surface area contributed by atoms with Gasteiger partial charge in [0.2, 0.25) is 0 Å². The molecule has 6 heavy (non-hydrogen) atoms. The third kappa shape index (κ3) is 4.02. The minimum absolute atomic E-state index is 0.619. The van der Waals surface area contributed by atoms with Crippen LogP contribution in [0.15, 0.2) is 4.99 Å². The Labute approximate surface area is 43.9 Å². The first-order valence-corrected chi connectivity index (χ1v) is 2.64. The SMILES string of the molecule is CC/C=N\CS. The number of aliphatic imine (C=N–C) groups is 1. The molecule has 0 aliphatic heterocycles. The van der Waals surface area contributed by atoms with Crippen molar-refractivity contribution in [2.24, 2.45) is 4.99 Å². The van der Waals surface area contributed by atoms with Crippen molar-refractivity contribution < 1.29 is 0 Å². The van der Waals surface area contributed by atoms with Gasteiger partial charge in [-0.05, 0) is 12.6 Å². The molecule has 0 aromatic carbocycles. The molecule has 2 heteroatoms. The van der Waals surface area contributed by atoms with Gasteiger partial charge in [-0.15, -0.1) is 0 Å². The van der Waals surface area contributed by atoms with Crippen LogP contribution in [0.1, 0.15) is 13.3 Å². The summed E-state index contributed by atoms with van der Waals surface area (Å²) in [4.78, 5) is 3.83. The molecule has 0 N–H and O–H groups in total. The Morgan fingerprint density at radius 2 is 2.50 bits per heavy atom. The molecule has 0 saturated carbocycles. The van der Waals surface area contributed by atoms with Crippen molar-refractivity contribution in [3.05, 3.63) is 0 Å². The van der Waals surface area contributed by atoms with E-state index in [0.717, 1.165) is 6.42 Å². The minimum atomic E-state index is 0.619. The van der Waals surface area contributed by atoms with E-state index in [1.54, 1.807) is 0 Å². The van der Waals surface area contributed by atoms with Gasteiger partial charge in [0, 0.05) is 0 Å². The zero-order valence-electron chi connectivity index (χ0n) is 3.89. The van der Waals surface area contributed by atoms with Crippen molar-refractivity contribution in [2.75, 3.05) is 5.88 Å². The van der Waals surface area contributed by atoms with Crippen molar-refractivity contribution >= 4 is 18.8 Å². The smallest absolute Gasteiger partial charge is 0.0810 e. The second-order valence-corrected chi connectivity index (χ2v) is 1.20. The molecule has 0 aliphatic rings. The summed E-state index contributed by atoms with van der Waals surface area (Å²) in [5, 5.41) is 0. The van der Waals surface area contributed by atoms with Crippen molar-refractivity contribution in [3.8, 4) is 0 Å².